The Morgan fingerprint density at radius 1 is 1.26 bits per heavy atom. The van der Waals surface area contributed by atoms with Crippen LogP contribution in [0.3, 0.4) is 0 Å². The molecule has 2 aliphatic heterocycles. The molecule has 2 N–H and O–H groups in total. The van der Waals surface area contributed by atoms with Gasteiger partial charge in [0, 0.05) is 5.75 Å². The Kier molecular flexibility index (Phi) is 5.14. The van der Waals surface area contributed by atoms with Crippen molar-refractivity contribution in [1.82, 2.24) is 0 Å². The van der Waals surface area contributed by atoms with E-state index in [-0.39, 0.29) is 0 Å². The van der Waals surface area contributed by atoms with Gasteiger partial charge in [0.25, 0.3) is 0 Å². The summed E-state index contributed by atoms with van der Waals surface area (Å²) in [6.45, 7) is 5.75. The zero-order chi connectivity index (χ0) is 14.0. The van der Waals surface area contributed by atoms with Crippen molar-refractivity contribution >= 4 is 11.8 Å². The van der Waals surface area contributed by atoms with E-state index in [9.17, 15) is 10.2 Å². The normalized spacial score (nSPS) is 38.4. The van der Waals surface area contributed by atoms with E-state index in [1.165, 1.54) is 0 Å². The lowest BCUT2D eigenvalue weighted by molar-refractivity contribution is -0.228. The number of hydrogen-bond acceptors (Lipinski definition) is 6. The first-order valence-electron chi connectivity index (χ1n) is 6.89. The van der Waals surface area contributed by atoms with Crippen molar-refractivity contribution in [3.05, 3.63) is 0 Å². The number of aliphatic hydroxyl groups excluding tert-OH is 2. The third-order valence-corrected chi connectivity index (χ3v) is 4.53. The number of hydrogen-bond donors (Lipinski definition) is 2. The van der Waals surface area contributed by atoms with E-state index in [2.05, 4.69) is 6.92 Å². The first kappa shape index (κ1) is 15.5. The maximum atomic E-state index is 10.2. The highest BCUT2D eigenvalue weighted by molar-refractivity contribution is 7.99. The van der Waals surface area contributed by atoms with Crippen LogP contribution in [-0.2, 0) is 14.2 Å². The van der Waals surface area contributed by atoms with Crippen molar-refractivity contribution in [2.75, 3.05) is 11.5 Å². The van der Waals surface area contributed by atoms with E-state index < -0.39 is 36.5 Å². The molecule has 0 amide bonds. The predicted molar refractivity (Wildman–Crippen MR) is 72.9 cm³/mol. The van der Waals surface area contributed by atoms with Gasteiger partial charge in [-0.3, -0.25) is 0 Å². The smallest absolute Gasteiger partial charge is 0.184 e. The molecule has 0 aliphatic carbocycles. The number of thioether (sulfide) groups is 1. The topological polar surface area (TPSA) is 68.2 Å². The lowest BCUT2D eigenvalue weighted by atomic mass is 10.1. The van der Waals surface area contributed by atoms with Gasteiger partial charge < -0.3 is 24.4 Å². The van der Waals surface area contributed by atoms with Crippen LogP contribution < -0.4 is 0 Å². The summed E-state index contributed by atoms with van der Waals surface area (Å²) in [5.74, 6) is 0.886. The van der Waals surface area contributed by atoms with E-state index in [1.807, 2.05) is 0 Å². The Bertz CT molecular complexity index is 299. The van der Waals surface area contributed by atoms with Gasteiger partial charge in [-0.25, -0.2) is 0 Å². The van der Waals surface area contributed by atoms with Gasteiger partial charge in [-0.15, -0.1) is 0 Å². The molecule has 19 heavy (non-hydrogen) atoms. The monoisotopic (exact) mass is 292 g/mol. The van der Waals surface area contributed by atoms with E-state index in [0.29, 0.717) is 5.75 Å². The van der Waals surface area contributed by atoms with Gasteiger partial charge in [0.1, 0.15) is 18.3 Å². The fourth-order valence-corrected chi connectivity index (χ4v) is 3.55. The summed E-state index contributed by atoms with van der Waals surface area (Å²) in [7, 11) is 0. The SMILES string of the molecule is CCCCSC[C@@H](O)[C@H]1O[C@H](O)[C@H]2OC(C)(C)O[C@@H]12. The van der Waals surface area contributed by atoms with Crippen LogP contribution in [0.2, 0.25) is 0 Å². The molecule has 5 nitrogen and oxygen atoms in total. The lowest BCUT2D eigenvalue weighted by Gasteiger charge is -2.25. The third-order valence-electron chi connectivity index (χ3n) is 3.38. The molecule has 0 aromatic rings. The van der Waals surface area contributed by atoms with E-state index >= 15 is 0 Å². The van der Waals surface area contributed by atoms with Gasteiger partial charge in [0.2, 0.25) is 0 Å². The van der Waals surface area contributed by atoms with E-state index in [1.54, 1.807) is 25.6 Å². The van der Waals surface area contributed by atoms with Crippen LogP contribution >= 0.6 is 11.8 Å². The molecule has 0 spiro atoms. The van der Waals surface area contributed by atoms with Crippen LogP contribution in [0.4, 0.5) is 0 Å². The summed E-state index contributed by atoms with van der Waals surface area (Å²) in [5, 5.41) is 20.0. The second kappa shape index (κ2) is 6.28. The number of aliphatic hydroxyl groups is 2. The molecule has 0 aromatic carbocycles. The zero-order valence-electron chi connectivity index (χ0n) is 11.7. The van der Waals surface area contributed by atoms with Gasteiger partial charge >= 0.3 is 0 Å². The largest absolute Gasteiger partial charge is 0.389 e. The summed E-state index contributed by atoms with van der Waals surface area (Å²) in [6.07, 6.45) is -0.795. The van der Waals surface area contributed by atoms with Crippen molar-refractivity contribution < 1.29 is 24.4 Å². The van der Waals surface area contributed by atoms with E-state index in [4.69, 9.17) is 14.2 Å². The second-order valence-corrected chi connectivity index (χ2v) is 6.70. The summed E-state index contributed by atoms with van der Waals surface area (Å²) in [4.78, 5) is 0. The Labute approximate surface area is 118 Å². The van der Waals surface area contributed by atoms with Crippen molar-refractivity contribution in [3.8, 4) is 0 Å². The molecule has 2 aliphatic rings. The molecule has 0 radical (unpaired) electrons. The first-order valence-corrected chi connectivity index (χ1v) is 8.05. The highest BCUT2D eigenvalue weighted by Crippen LogP contribution is 2.39. The molecule has 0 unspecified atom stereocenters. The minimum Gasteiger partial charge on any atom is -0.389 e. The Morgan fingerprint density at radius 2 is 1.95 bits per heavy atom. The van der Waals surface area contributed by atoms with Crippen molar-refractivity contribution in [2.45, 2.75) is 70.1 Å². The molecule has 5 atom stereocenters. The van der Waals surface area contributed by atoms with Crippen molar-refractivity contribution in [2.24, 2.45) is 0 Å². The minimum absolute atomic E-state index is 0.397. The molecule has 2 rings (SSSR count). The zero-order valence-corrected chi connectivity index (χ0v) is 12.6. The number of rotatable bonds is 6. The molecule has 2 fully saturated rings. The van der Waals surface area contributed by atoms with Crippen molar-refractivity contribution in [3.63, 3.8) is 0 Å². The average Bonchev–Trinajstić information content (AvgIpc) is 2.80. The number of fused-ring (bicyclic) bond motifs is 1. The van der Waals surface area contributed by atoms with Gasteiger partial charge in [0.05, 0.1) is 6.10 Å². The molecule has 0 bridgehead atoms. The Balaban J connectivity index is 1.86. The third kappa shape index (κ3) is 3.62. The molecule has 0 aromatic heterocycles. The summed E-state index contributed by atoms with van der Waals surface area (Å²) >= 11 is 1.70. The van der Waals surface area contributed by atoms with Crippen LogP contribution in [0.15, 0.2) is 0 Å². The van der Waals surface area contributed by atoms with E-state index in [0.717, 1.165) is 18.6 Å². The van der Waals surface area contributed by atoms with Crippen molar-refractivity contribution in [1.29, 1.82) is 0 Å². The highest BCUT2D eigenvalue weighted by atomic mass is 32.2. The lowest BCUT2D eigenvalue weighted by Crippen LogP contribution is -2.39. The van der Waals surface area contributed by atoms with Gasteiger partial charge in [-0.05, 0) is 26.0 Å². The van der Waals surface area contributed by atoms with Crippen LogP contribution in [-0.4, -0.2) is 58.2 Å². The molecule has 112 valence electrons. The predicted octanol–water partition coefficient (Wildman–Crippen LogP) is 1.12. The van der Waals surface area contributed by atoms with Gasteiger partial charge in [0.15, 0.2) is 12.1 Å². The van der Waals surface area contributed by atoms with Crippen LogP contribution in [0.5, 0.6) is 0 Å². The standard InChI is InChI=1S/C13H24O5S/c1-4-5-6-19-7-8(14)9-10-11(12(15)16-9)18-13(2,3)17-10/h8-12,14-15H,4-7H2,1-3H3/t8-,9-,10+,11+,12+/m1/s1. The summed E-state index contributed by atoms with van der Waals surface area (Å²) in [5.41, 5.74) is 0. The summed E-state index contributed by atoms with van der Waals surface area (Å²) < 4.78 is 16.7. The second-order valence-electron chi connectivity index (χ2n) is 5.55. The highest BCUT2D eigenvalue weighted by Gasteiger charge is 2.56. The average molecular weight is 292 g/mol. The van der Waals surface area contributed by atoms with Gasteiger partial charge in [-0.1, -0.05) is 13.3 Å². The Hall–Kier alpha value is 0.150. The fraction of sp³-hybridized carbons (Fsp3) is 1.00. The molecular formula is C13H24O5S. The van der Waals surface area contributed by atoms with Gasteiger partial charge in [-0.2, -0.15) is 11.8 Å². The molecule has 2 saturated heterocycles. The molecular weight excluding hydrogens is 268 g/mol. The summed E-state index contributed by atoms with van der Waals surface area (Å²) in [6, 6.07) is 0. The maximum absolute atomic E-state index is 10.2. The Morgan fingerprint density at radius 3 is 2.63 bits per heavy atom. The quantitative estimate of drug-likeness (QED) is 0.715. The maximum Gasteiger partial charge on any atom is 0.184 e. The molecule has 6 heteroatoms. The number of unbranched alkanes of at least 4 members (excludes halogenated alkanes) is 1. The van der Waals surface area contributed by atoms with Crippen LogP contribution in [0.25, 0.3) is 0 Å². The molecule has 2 heterocycles. The number of ether oxygens (including phenoxy) is 3. The molecule has 0 saturated carbocycles. The first-order chi connectivity index (χ1) is 8.94. The fourth-order valence-electron chi connectivity index (χ4n) is 2.46. The minimum atomic E-state index is -1.02. The van der Waals surface area contributed by atoms with Crippen LogP contribution in [0.1, 0.15) is 33.6 Å². The van der Waals surface area contributed by atoms with Crippen LogP contribution in [0, 0.1) is 0 Å².